The van der Waals surface area contributed by atoms with E-state index in [4.69, 9.17) is 0 Å². The number of hydrogen-bond donors (Lipinski definition) is 0. The standard InChI is InChI=1S/C52H40N4/c1-33-26-47(55(41-14-8-24-53-31-41)39-18-16-34-10-4-6-12-36(34)27-39)45-30-46-49-38(22-23-52(46,2)3)29-48(44-21-20-43(33)50(45)51(44)49)56(42-15-9-25-54-32-42)40-19-17-35-11-5-7-13-37(35)28-40/h4-21,24-32H,22-23H2,1-3H3. The van der Waals surface area contributed by atoms with E-state index in [1.807, 2.05) is 36.9 Å². The number of anilines is 6. The van der Waals surface area contributed by atoms with Crippen molar-refractivity contribution in [1.82, 2.24) is 9.97 Å². The lowest BCUT2D eigenvalue weighted by molar-refractivity contribution is 0.475. The highest BCUT2D eigenvalue weighted by molar-refractivity contribution is 6.30. The van der Waals surface area contributed by atoms with Gasteiger partial charge in [0.05, 0.1) is 35.1 Å². The Kier molecular flexibility index (Phi) is 7.21. The molecule has 56 heavy (non-hydrogen) atoms. The molecule has 0 aliphatic heterocycles. The average molecular weight is 721 g/mol. The molecule has 268 valence electrons. The quantitative estimate of drug-likeness (QED) is 0.160. The molecule has 2 heterocycles. The van der Waals surface area contributed by atoms with Gasteiger partial charge in [-0.2, -0.15) is 0 Å². The predicted molar refractivity (Wildman–Crippen MR) is 236 cm³/mol. The number of aryl methyl sites for hydroxylation is 2. The molecule has 0 fully saturated rings. The average Bonchev–Trinajstić information content (AvgIpc) is 3.24. The van der Waals surface area contributed by atoms with Crippen molar-refractivity contribution in [2.45, 2.75) is 39.0 Å². The molecule has 0 bridgehead atoms. The number of hydrogen-bond acceptors (Lipinski definition) is 4. The predicted octanol–water partition coefficient (Wildman–Crippen LogP) is 14.2. The summed E-state index contributed by atoms with van der Waals surface area (Å²) in [4.78, 5) is 14.1. The van der Waals surface area contributed by atoms with Gasteiger partial charge < -0.3 is 9.80 Å². The van der Waals surface area contributed by atoms with Crippen LogP contribution in [0, 0.1) is 6.92 Å². The fourth-order valence-corrected chi connectivity index (χ4v) is 9.46. The largest absolute Gasteiger partial charge is 0.308 e. The summed E-state index contributed by atoms with van der Waals surface area (Å²) in [6.07, 6.45) is 9.79. The molecule has 11 rings (SSSR count). The monoisotopic (exact) mass is 720 g/mol. The maximum Gasteiger partial charge on any atom is 0.0645 e. The third-order valence-electron chi connectivity index (χ3n) is 12.3. The molecule has 4 nitrogen and oxygen atoms in total. The van der Waals surface area contributed by atoms with E-state index in [-0.39, 0.29) is 5.41 Å². The van der Waals surface area contributed by atoms with Gasteiger partial charge in [0.15, 0.2) is 0 Å². The summed E-state index contributed by atoms with van der Waals surface area (Å²) in [6, 6.07) is 51.4. The SMILES string of the molecule is Cc1cc(N(c2cccnc2)c2ccc3ccccc3c2)c2cc3c4c(cc(N(c5cccnc5)c5ccc6ccccc6c5)c5ccc1c2c54)CCC3(C)C. The zero-order valence-corrected chi connectivity index (χ0v) is 31.8. The molecule has 0 saturated heterocycles. The third-order valence-corrected chi connectivity index (χ3v) is 12.3. The minimum absolute atomic E-state index is 0.00702. The van der Waals surface area contributed by atoms with E-state index in [0.717, 1.165) is 41.3 Å². The minimum atomic E-state index is -0.00702. The van der Waals surface area contributed by atoms with Crippen LogP contribution in [-0.2, 0) is 11.8 Å². The Bertz CT molecular complexity index is 3130. The van der Waals surface area contributed by atoms with Gasteiger partial charge in [-0.3, -0.25) is 9.97 Å². The molecular weight excluding hydrogens is 681 g/mol. The lowest BCUT2D eigenvalue weighted by Gasteiger charge is -2.37. The molecule has 0 spiro atoms. The molecule has 0 amide bonds. The highest BCUT2D eigenvalue weighted by Gasteiger charge is 2.33. The van der Waals surface area contributed by atoms with Gasteiger partial charge in [-0.1, -0.05) is 86.6 Å². The molecule has 0 radical (unpaired) electrons. The van der Waals surface area contributed by atoms with Gasteiger partial charge in [0.1, 0.15) is 0 Å². The molecule has 10 aromatic rings. The van der Waals surface area contributed by atoms with Crippen molar-refractivity contribution in [1.29, 1.82) is 0 Å². The van der Waals surface area contributed by atoms with Crippen LogP contribution in [0.4, 0.5) is 34.1 Å². The van der Waals surface area contributed by atoms with Gasteiger partial charge in [0.25, 0.3) is 0 Å². The van der Waals surface area contributed by atoms with Gasteiger partial charge in [-0.15, -0.1) is 0 Å². The second-order valence-corrected chi connectivity index (χ2v) is 16.1. The van der Waals surface area contributed by atoms with Crippen molar-refractivity contribution in [3.05, 3.63) is 181 Å². The summed E-state index contributed by atoms with van der Waals surface area (Å²) in [6.45, 7) is 7.13. The summed E-state index contributed by atoms with van der Waals surface area (Å²) in [5.41, 5.74) is 10.7. The second kappa shape index (κ2) is 12.4. The zero-order chi connectivity index (χ0) is 37.5. The Labute approximate surface area is 326 Å². The Morgan fingerprint density at radius 3 is 1.64 bits per heavy atom. The molecule has 0 saturated carbocycles. The summed E-state index contributed by atoms with van der Waals surface area (Å²) in [5.74, 6) is 0. The van der Waals surface area contributed by atoms with E-state index in [2.05, 4.69) is 168 Å². The van der Waals surface area contributed by atoms with Crippen LogP contribution in [-0.4, -0.2) is 9.97 Å². The number of fused-ring (bicyclic) bond motifs is 2. The van der Waals surface area contributed by atoms with E-state index in [9.17, 15) is 0 Å². The van der Waals surface area contributed by atoms with Crippen LogP contribution in [0.25, 0.3) is 53.9 Å². The van der Waals surface area contributed by atoms with Crippen LogP contribution >= 0.6 is 0 Å². The Balaban J connectivity index is 1.26. The third kappa shape index (κ3) is 4.99. The van der Waals surface area contributed by atoms with Gasteiger partial charge in [0.2, 0.25) is 0 Å². The number of nitrogens with zero attached hydrogens (tertiary/aromatic N) is 4. The Hall–Kier alpha value is -6.78. The van der Waals surface area contributed by atoms with Gasteiger partial charge in [-0.25, -0.2) is 0 Å². The summed E-state index contributed by atoms with van der Waals surface area (Å²) in [5, 5.41) is 12.7. The zero-order valence-electron chi connectivity index (χ0n) is 31.8. The number of rotatable bonds is 6. The van der Waals surface area contributed by atoms with Crippen LogP contribution in [0.5, 0.6) is 0 Å². The smallest absolute Gasteiger partial charge is 0.0645 e. The molecule has 0 atom stereocenters. The minimum Gasteiger partial charge on any atom is -0.308 e. The molecule has 0 unspecified atom stereocenters. The van der Waals surface area contributed by atoms with E-state index < -0.39 is 0 Å². The highest BCUT2D eigenvalue weighted by Crippen LogP contribution is 2.54. The highest BCUT2D eigenvalue weighted by atomic mass is 15.2. The molecule has 1 aliphatic carbocycles. The van der Waals surface area contributed by atoms with E-state index in [1.165, 1.54) is 76.2 Å². The van der Waals surface area contributed by atoms with Crippen LogP contribution in [0.15, 0.2) is 164 Å². The first-order valence-electron chi connectivity index (χ1n) is 19.6. The number of aromatic nitrogens is 2. The van der Waals surface area contributed by atoms with Crippen molar-refractivity contribution in [2.24, 2.45) is 0 Å². The second-order valence-electron chi connectivity index (χ2n) is 16.1. The van der Waals surface area contributed by atoms with Crippen molar-refractivity contribution >= 4 is 88.0 Å². The normalized spacial score (nSPS) is 13.6. The Morgan fingerprint density at radius 2 is 1.05 bits per heavy atom. The first-order chi connectivity index (χ1) is 27.4. The lowest BCUT2D eigenvalue weighted by atomic mass is 9.70. The summed E-state index contributed by atoms with van der Waals surface area (Å²) < 4.78 is 0. The molecule has 1 aliphatic rings. The van der Waals surface area contributed by atoms with E-state index >= 15 is 0 Å². The van der Waals surface area contributed by atoms with Crippen molar-refractivity contribution in [3.8, 4) is 0 Å². The van der Waals surface area contributed by atoms with Crippen molar-refractivity contribution in [3.63, 3.8) is 0 Å². The maximum absolute atomic E-state index is 4.64. The van der Waals surface area contributed by atoms with Crippen LogP contribution in [0.1, 0.15) is 37.0 Å². The van der Waals surface area contributed by atoms with Crippen molar-refractivity contribution in [2.75, 3.05) is 9.80 Å². The topological polar surface area (TPSA) is 32.3 Å². The first kappa shape index (κ1) is 32.6. The van der Waals surface area contributed by atoms with E-state index in [0.29, 0.717) is 0 Å². The van der Waals surface area contributed by atoms with Crippen LogP contribution in [0.2, 0.25) is 0 Å². The molecule has 2 aromatic heterocycles. The Morgan fingerprint density at radius 1 is 0.482 bits per heavy atom. The lowest BCUT2D eigenvalue weighted by Crippen LogP contribution is -2.24. The van der Waals surface area contributed by atoms with Crippen molar-refractivity contribution < 1.29 is 0 Å². The molecular formula is C52H40N4. The maximum atomic E-state index is 4.64. The molecule has 8 aromatic carbocycles. The number of benzene rings is 8. The van der Waals surface area contributed by atoms with Gasteiger partial charge in [0, 0.05) is 39.9 Å². The van der Waals surface area contributed by atoms with E-state index in [1.54, 1.807) is 0 Å². The van der Waals surface area contributed by atoms with Crippen LogP contribution in [0.3, 0.4) is 0 Å². The fraction of sp³-hybridized carbons (Fsp3) is 0.115. The van der Waals surface area contributed by atoms with Gasteiger partial charge in [-0.05, 0) is 146 Å². The first-order valence-corrected chi connectivity index (χ1v) is 19.6. The summed E-state index contributed by atoms with van der Waals surface area (Å²) in [7, 11) is 0. The fourth-order valence-electron chi connectivity index (χ4n) is 9.46. The summed E-state index contributed by atoms with van der Waals surface area (Å²) >= 11 is 0. The molecule has 0 N–H and O–H groups in total. The number of pyridine rings is 2. The van der Waals surface area contributed by atoms with Gasteiger partial charge >= 0.3 is 0 Å². The molecule has 4 heteroatoms. The van der Waals surface area contributed by atoms with Crippen LogP contribution < -0.4 is 9.80 Å².